The lowest BCUT2D eigenvalue weighted by Crippen LogP contribution is -1.95. The number of fused-ring (bicyclic) bond motifs is 8. The van der Waals surface area contributed by atoms with Crippen LogP contribution in [0, 0.1) is 0 Å². The summed E-state index contributed by atoms with van der Waals surface area (Å²) in [6.45, 7) is 0. The third-order valence-electron chi connectivity index (χ3n) is 8.31. The predicted octanol–water partition coefficient (Wildman–Crippen LogP) is 10.8. The molecule has 0 unspecified atom stereocenters. The van der Waals surface area contributed by atoms with Gasteiger partial charge in [-0.05, 0) is 48.0 Å². The van der Waals surface area contributed by atoms with Gasteiger partial charge in [-0.1, -0.05) is 103 Å². The first-order valence-electron chi connectivity index (χ1n) is 14.0. The van der Waals surface area contributed by atoms with Crippen LogP contribution in [0.3, 0.4) is 0 Å². The fourth-order valence-electron chi connectivity index (χ4n) is 6.58. The van der Waals surface area contributed by atoms with Gasteiger partial charge in [0, 0.05) is 43.2 Å². The molecule has 6 aromatic carbocycles. The number of aromatic nitrogens is 2. The predicted molar refractivity (Wildman–Crippen MR) is 176 cm³/mol. The normalized spacial score (nSPS) is 11.9. The Morgan fingerprint density at radius 2 is 1.00 bits per heavy atom. The van der Waals surface area contributed by atoms with E-state index in [9.17, 15) is 0 Å². The Morgan fingerprint density at radius 1 is 0.415 bits per heavy atom. The molecule has 192 valence electrons. The maximum Gasteiger partial charge on any atom is 0.0727 e. The molecule has 0 fully saturated rings. The smallest absolute Gasteiger partial charge is 0.0727 e. The van der Waals surface area contributed by atoms with Gasteiger partial charge in [0.15, 0.2) is 0 Å². The highest BCUT2D eigenvalue weighted by Gasteiger charge is 2.20. The van der Waals surface area contributed by atoms with Gasteiger partial charge in [0.25, 0.3) is 0 Å². The zero-order valence-electron chi connectivity index (χ0n) is 22.2. The Hall–Kier alpha value is -5.12. The molecule has 0 aliphatic rings. The second-order valence-electron chi connectivity index (χ2n) is 10.6. The van der Waals surface area contributed by atoms with Crippen LogP contribution in [0.15, 0.2) is 146 Å². The Labute approximate surface area is 240 Å². The molecular formula is C38H24N2S. The van der Waals surface area contributed by atoms with Crippen LogP contribution < -0.4 is 0 Å². The molecule has 9 aromatic rings. The summed E-state index contributed by atoms with van der Waals surface area (Å²) in [6, 6.07) is 52.7. The Balaban J connectivity index is 1.35. The van der Waals surface area contributed by atoms with Crippen LogP contribution in [-0.4, -0.2) is 9.13 Å². The molecule has 0 bridgehead atoms. The van der Waals surface area contributed by atoms with Crippen LogP contribution in [-0.2, 0) is 0 Å². The number of para-hydroxylation sites is 5. The lowest BCUT2D eigenvalue weighted by atomic mass is 10.0. The number of thiophene rings is 1. The number of nitrogens with zero attached hydrogens (tertiary/aromatic N) is 2. The quantitative estimate of drug-likeness (QED) is 0.211. The molecule has 41 heavy (non-hydrogen) atoms. The van der Waals surface area contributed by atoms with Gasteiger partial charge in [-0.2, -0.15) is 0 Å². The zero-order chi connectivity index (χ0) is 26.9. The van der Waals surface area contributed by atoms with Crippen LogP contribution in [0.2, 0.25) is 0 Å². The summed E-state index contributed by atoms with van der Waals surface area (Å²) in [5, 5.41) is 5.16. The molecule has 2 nitrogen and oxygen atoms in total. The Bertz CT molecular complexity index is 2410. The van der Waals surface area contributed by atoms with Crippen molar-refractivity contribution in [2.75, 3.05) is 0 Å². The van der Waals surface area contributed by atoms with Crippen molar-refractivity contribution in [2.24, 2.45) is 0 Å². The minimum atomic E-state index is 1.18. The maximum absolute atomic E-state index is 2.43. The molecule has 0 atom stereocenters. The average Bonchev–Trinajstić information content (AvgIpc) is 3.68. The lowest BCUT2D eigenvalue weighted by molar-refractivity contribution is 1.18. The Kier molecular flexibility index (Phi) is 4.80. The zero-order valence-corrected chi connectivity index (χ0v) is 23.0. The van der Waals surface area contributed by atoms with E-state index in [-0.39, 0.29) is 0 Å². The second-order valence-corrected chi connectivity index (χ2v) is 11.6. The molecule has 3 aromatic heterocycles. The largest absolute Gasteiger partial charge is 0.309 e. The first kappa shape index (κ1) is 22.7. The molecule has 0 amide bonds. The molecule has 0 aliphatic heterocycles. The summed E-state index contributed by atoms with van der Waals surface area (Å²) in [6.07, 6.45) is 0. The minimum absolute atomic E-state index is 1.18. The van der Waals surface area contributed by atoms with Gasteiger partial charge in [0.2, 0.25) is 0 Å². The van der Waals surface area contributed by atoms with E-state index in [1.807, 2.05) is 11.3 Å². The molecule has 3 heteroatoms. The molecule has 0 saturated carbocycles. The van der Waals surface area contributed by atoms with Gasteiger partial charge >= 0.3 is 0 Å². The summed E-state index contributed by atoms with van der Waals surface area (Å²) in [5.74, 6) is 0. The summed E-state index contributed by atoms with van der Waals surface area (Å²) in [7, 11) is 0. The molecular weight excluding hydrogens is 516 g/mol. The average molecular weight is 541 g/mol. The van der Waals surface area contributed by atoms with Crippen LogP contribution in [0.25, 0.3) is 75.5 Å². The van der Waals surface area contributed by atoms with Crippen molar-refractivity contribution in [3.8, 4) is 22.5 Å². The van der Waals surface area contributed by atoms with E-state index in [4.69, 9.17) is 0 Å². The molecule has 9 rings (SSSR count). The molecule has 0 N–H and O–H groups in total. The number of benzene rings is 6. The molecule has 0 aliphatic carbocycles. The van der Waals surface area contributed by atoms with E-state index in [0.717, 1.165) is 0 Å². The first-order chi connectivity index (χ1) is 20.4. The summed E-state index contributed by atoms with van der Waals surface area (Å²) in [5.41, 5.74) is 9.88. The highest BCUT2D eigenvalue weighted by molar-refractivity contribution is 7.26. The van der Waals surface area contributed by atoms with Gasteiger partial charge in [-0.3, -0.25) is 0 Å². The standard InChI is InChI=1S/C38H24N2S/c1-3-12-26(13-4-1)39-33-20-9-7-16-29(33)30-19-11-18-28(36(30)39)25-22-23-32-35(24-25)41-38-31-17-8-10-21-34(31)40(37(32)38)27-14-5-2-6-15-27/h1-24H. The number of hydrogen-bond acceptors (Lipinski definition) is 1. The molecule has 0 saturated heterocycles. The van der Waals surface area contributed by atoms with E-state index in [1.165, 1.54) is 75.5 Å². The van der Waals surface area contributed by atoms with E-state index < -0.39 is 0 Å². The fraction of sp³-hybridized carbons (Fsp3) is 0. The maximum atomic E-state index is 2.43. The Morgan fingerprint density at radius 3 is 1.73 bits per heavy atom. The van der Waals surface area contributed by atoms with E-state index >= 15 is 0 Å². The topological polar surface area (TPSA) is 9.86 Å². The third kappa shape index (κ3) is 3.24. The highest BCUT2D eigenvalue weighted by Crippen LogP contribution is 2.44. The van der Waals surface area contributed by atoms with Crippen molar-refractivity contribution in [1.82, 2.24) is 9.13 Å². The van der Waals surface area contributed by atoms with Crippen LogP contribution in [0.4, 0.5) is 0 Å². The van der Waals surface area contributed by atoms with Gasteiger partial charge in [0.05, 0.1) is 26.8 Å². The van der Waals surface area contributed by atoms with Gasteiger partial charge in [-0.25, -0.2) is 0 Å². The van der Waals surface area contributed by atoms with Crippen molar-refractivity contribution in [3.05, 3.63) is 146 Å². The van der Waals surface area contributed by atoms with Gasteiger partial charge < -0.3 is 9.13 Å². The highest BCUT2D eigenvalue weighted by atomic mass is 32.1. The minimum Gasteiger partial charge on any atom is -0.309 e. The molecule has 0 radical (unpaired) electrons. The van der Waals surface area contributed by atoms with Crippen molar-refractivity contribution in [2.45, 2.75) is 0 Å². The third-order valence-corrected chi connectivity index (χ3v) is 9.49. The monoisotopic (exact) mass is 540 g/mol. The van der Waals surface area contributed by atoms with E-state index in [2.05, 4.69) is 155 Å². The first-order valence-corrected chi connectivity index (χ1v) is 14.8. The van der Waals surface area contributed by atoms with Gasteiger partial charge in [0.1, 0.15) is 0 Å². The SMILES string of the molecule is c1ccc(-n2c3ccccc3c3cccc(-c4ccc5c(c4)sc4c6ccccc6n(-c6ccccc6)c54)c32)cc1. The number of rotatable bonds is 3. The van der Waals surface area contributed by atoms with Crippen LogP contribution >= 0.6 is 11.3 Å². The molecule has 0 spiro atoms. The van der Waals surface area contributed by atoms with Gasteiger partial charge in [-0.15, -0.1) is 11.3 Å². The molecule has 3 heterocycles. The fourth-order valence-corrected chi connectivity index (χ4v) is 7.84. The van der Waals surface area contributed by atoms with Crippen LogP contribution in [0.1, 0.15) is 0 Å². The van der Waals surface area contributed by atoms with Crippen molar-refractivity contribution >= 4 is 64.3 Å². The summed E-state index contributed by atoms with van der Waals surface area (Å²) in [4.78, 5) is 0. The van der Waals surface area contributed by atoms with Crippen LogP contribution in [0.5, 0.6) is 0 Å². The lowest BCUT2D eigenvalue weighted by Gasteiger charge is -2.12. The van der Waals surface area contributed by atoms with Crippen molar-refractivity contribution in [3.63, 3.8) is 0 Å². The number of hydrogen-bond donors (Lipinski definition) is 0. The van der Waals surface area contributed by atoms with Crippen molar-refractivity contribution < 1.29 is 0 Å². The van der Waals surface area contributed by atoms with E-state index in [0.29, 0.717) is 0 Å². The van der Waals surface area contributed by atoms with Crippen molar-refractivity contribution in [1.29, 1.82) is 0 Å². The second kappa shape index (κ2) is 8.69. The summed E-state index contributed by atoms with van der Waals surface area (Å²) < 4.78 is 7.50. The van der Waals surface area contributed by atoms with E-state index in [1.54, 1.807) is 0 Å². The summed E-state index contributed by atoms with van der Waals surface area (Å²) >= 11 is 1.90.